The number of aliphatic hydroxyl groups excluding tert-OH is 1. The standard InChI is InChI=1S/C10H13F2NO.ClH/c11-7-3-4-9(12)8(6-7)10(13)2-1-5-14;/h3-4,6,10,14H,1-2,5,13H2;1H/t10-;/m1./s1. The lowest BCUT2D eigenvalue weighted by Gasteiger charge is -2.11. The van der Waals surface area contributed by atoms with Crippen LogP contribution in [-0.2, 0) is 0 Å². The average molecular weight is 238 g/mol. The highest BCUT2D eigenvalue weighted by atomic mass is 35.5. The molecule has 0 fully saturated rings. The Balaban J connectivity index is 0.00000196. The van der Waals surface area contributed by atoms with Gasteiger partial charge in [0.2, 0.25) is 0 Å². The summed E-state index contributed by atoms with van der Waals surface area (Å²) in [6, 6.07) is 2.65. The molecule has 0 aliphatic carbocycles. The van der Waals surface area contributed by atoms with Gasteiger partial charge in [-0.25, -0.2) is 8.78 Å². The van der Waals surface area contributed by atoms with Gasteiger partial charge in [-0.3, -0.25) is 0 Å². The van der Waals surface area contributed by atoms with Crippen LogP contribution >= 0.6 is 12.4 Å². The molecule has 1 aromatic rings. The summed E-state index contributed by atoms with van der Waals surface area (Å²) in [5.41, 5.74) is 5.80. The van der Waals surface area contributed by atoms with Crippen molar-refractivity contribution in [3.63, 3.8) is 0 Å². The van der Waals surface area contributed by atoms with Crippen molar-refractivity contribution in [2.75, 3.05) is 6.61 Å². The molecule has 0 aliphatic heterocycles. The first-order valence-electron chi connectivity index (χ1n) is 4.46. The lowest BCUT2D eigenvalue weighted by atomic mass is 10.0. The van der Waals surface area contributed by atoms with Crippen LogP contribution < -0.4 is 5.73 Å². The van der Waals surface area contributed by atoms with Gasteiger partial charge in [0.25, 0.3) is 0 Å². The van der Waals surface area contributed by atoms with E-state index in [-0.39, 0.29) is 24.6 Å². The molecule has 1 aromatic carbocycles. The van der Waals surface area contributed by atoms with Gasteiger partial charge in [0.1, 0.15) is 11.6 Å². The lowest BCUT2D eigenvalue weighted by molar-refractivity contribution is 0.279. The van der Waals surface area contributed by atoms with Crippen molar-refractivity contribution in [1.82, 2.24) is 0 Å². The van der Waals surface area contributed by atoms with Crippen molar-refractivity contribution in [1.29, 1.82) is 0 Å². The summed E-state index contributed by atoms with van der Waals surface area (Å²) in [5.74, 6) is -1.00. The van der Waals surface area contributed by atoms with Gasteiger partial charge in [-0.1, -0.05) is 0 Å². The zero-order chi connectivity index (χ0) is 10.6. The molecular formula is C10H14ClF2NO. The van der Waals surface area contributed by atoms with E-state index in [0.717, 1.165) is 18.2 Å². The number of hydrogen-bond donors (Lipinski definition) is 2. The highest BCUT2D eigenvalue weighted by Crippen LogP contribution is 2.19. The van der Waals surface area contributed by atoms with Crippen LogP contribution in [0.15, 0.2) is 18.2 Å². The Morgan fingerprint density at radius 2 is 2.00 bits per heavy atom. The van der Waals surface area contributed by atoms with Gasteiger partial charge in [-0.05, 0) is 31.0 Å². The molecule has 1 rings (SSSR count). The van der Waals surface area contributed by atoms with Gasteiger partial charge in [0.15, 0.2) is 0 Å². The maximum absolute atomic E-state index is 13.1. The Hall–Kier alpha value is -0.710. The highest BCUT2D eigenvalue weighted by molar-refractivity contribution is 5.85. The van der Waals surface area contributed by atoms with Gasteiger partial charge >= 0.3 is 0 Å². The van der Waals surface area contributed by atoms with Crippen molar-refractivity contribution in [2.24, 2.45) is 5.73 Å². The molecule has 0 saturated carbocycles. The Morgan fingerprint density at radius 1 is 1.33 bits per heavy atom. The van der Waals surface area contributed by atoms with Crippen molar-refractivity contribution in [2.45, 2.75) is 18.9 Å². The quantitative estimate of drug-likeness (QED) is 0.843. The van der Waals surface area contributed by atoms with Gasteiger partial charge in [0, 0.05) is 18.2 Å². The fourth-order valence-electron chi connectivity index (χ4n) is 1.27. The van der Waals surface area contributed by atoms with Crippen LogP contribution in [-0.4, -0.2) is 11.7 Å². The predicted molar refractivity (Wildman–Crippen MR) is 56.9 cm³/mol. The first-order valence-corrected chi connectivity index (χ1v) is 4.46. The Kier molecular flexibility index (Phi) is 6.40. The molecule has 0 saturated heterocycles. The van der Waals surface area contributed by atoms with E-state index in [2.05, 4.69) is 0 Å². The van der Waals surface area contributed by atoms with Crippen molar-refractivity contribution in [3.05, 3.63) is 35.4 Å². The minimum absolute atomic E-state index is 0. The smallest absolute Gasteiger partial charge is 0.128 e. The molecule has 0 aromatic heterocycles. The lowest BCUT2D eigenvalue weighted by Crippen LogP contribution is -2.13. The summed E-state index contributed by atoms with van der Waals surface area (Å²) in [7, 11) is 0. The molecule has 0 amide bonds. The summed E-state index contributed by atoms with van der Waals surface area (Å²) in [6.07, 6.45) is 0.925. The van der Waals surface area contributed by atoms with Crippen LogP contribution in [0, 0.1) is 11.6 Å². The Morgan fingerprint density at radius 3 is 2.60 bits per heavy atom. The number of halogens is 3. The average Bonchev–Trinajstić information content (AvgIpc) is 2.18. The molecule has 0 aliphatic rings. The minimum Gasteiger partial charge on any atom is -0.396 e. The third kappa shape index (κ3) is 4.11. The second-order valence-corrected chi connectivity index (χ2v) is 3.14. The first-order chi connectivity index (χ1) is 6.65. The van der Waals surface area contributed by atoms with Crippen molar-refractivity contribution in [3.8, 4) is 0 Å². The second-order valence-electron chi connectivity index (χ2n) is 3.14. The number of hydrogen-bond acceptors (Lipinski definition) is 2. The fourth-order valence-corrected chi connectivity index (χ4v) is 1.27. The van der Waals surface area contributed by atoms with Crippen LogP contribution in [0.25, 0.3) is 0 Å². The molecule has 3 N–H and O–H groups in total. The molecule has 15 heavy (non-hydrogen) atoms. The Bertz CT molecular complexity index is 309. The summed E-state index contributed by atoms with van der Waals surface area (Å²) in [4.78, 5) is 0. The van der Waals surface area contributed by atoms with Crippen LogP contribution in [0.5, 0.6) is 0 Å². The summed E-state index contributed by atoms with van der Waals surface area (Å²) in [6.45, 7) is 0.00460. The van der Waals surface area contributed by atoms with Crippen LogP contribution in [0.1, 0.15) is 24.4 Å². The fraction of sp³-hybridized carbons (Fsp3) is 0.400. The molecule has 0 unspecified atom stereocenters. The summed E-state index contributed by atoms with van der Waals surface area (Å²) in [5, 5.41) is 8.56. The van der Waals surface area contributed by atoms with Gasteiger partial charge in [-0.2, -0.15) is 0 Å². The van der Waals surface area contributed by atoms with Crippen molar-refractivity contribution >= 4 is 12.4 Å². The van der Waals surface area contributed by atoms with Gasteiger partial charge < -0.3 is 10.8 Å². The largest absolute Gasteiger partial charge is 0.396 e. The van der Waals surface area contributed by atoms with E-state index in [1.54, 1.807) is 0 Å². The van der Waals surface area contributed by atoms with E-state index in [1.807, 2.05) is 0 Å². The van der Waals surface area contributed by atoms with Gasteiger partial charge in [-0.15, -0.1) is 12.4 Å². The van der Waals surface area contributed by atoms with Crippen LogP contribution in [0.3, 0.4) is 0 Å². The molecule has 0 heterocycles. The molecule has 0 radical (unpaired) electrons. The number of nitrogens with two attached hydrogens (primary N) is 1. The zero-order valence-electron chi connectivity index (χ0n) is 8.12. The van der Waals surface area contributed by atoms with Crippen LogP contribution in [0.2, 0.25) is 0 Å². The van der Waals surface area contributed by atoms with Crippen LogP contribution in [0.4, 0.5) is 8.78 Å². The Labute approximate surface area is 93.5 Å². The normalized spacial score (nSPS) is 12.0. The van der Waals surface area contributed by atoms with E-state index in [9.17, 15) is 8.78 Å². The maximum atomic E-state index is 13.1. The van der Waals surface area contributed by atoms with E-state index in [1.165, 1.54) is 0 Å². The predicted octanol–water partition coefficient (Wildman–Crippen LogP) is 2.16. The molecule has 2 nitrogen and oxygen atoms in total. The minimum atomic E-state index is -0.558. The SMILES string of the molecule is Cl.N[C@H](CCCO)c1cc(F)ccc1F. The molecule has 1 atom stereocenters. The third-order valence-corrected chi connectivity index (χ3v) is 2.03. The van der Waals surface area contributed by atoms with Gasteiger partial charge in [0.05, 0.1) is 0 Å². The maximum Gasteiger partial charge on any atom is 0.128 e. The van der Waals surface area contributed by atoms with E-state index in [4.69, 9.17) is 10.8 Å². The van der Waals surface area contributed by atoms with E-state index in [0.29, 0.717) is 12.8 Å². The second kappa shape index (κ2) is 6.71. The third-order valence-electron chi connectivity index (χ3n) is 2.03. The first kappa shape index (κ1) is 14.3. The zero-order valence-corrected chi connectivity index (χ0v) is 8.94. The number of benzene rings is 1. The summed E-state index contributed by atoms with van der Waals surface area (Å²) < 4.78 is 25.9. The topological polar surface area (TPSA) is 46.2 Å². The summed E-state index contributed by atoms with van der Waals surface area (Å²) >= 11 is 0. The monoisotopic (exact) mass is 237 g/mol. The van der Waals surface area contributed by atoms with E-state index >= 15 is 0 Å². The van der Waals surface area contributed by atoms with E-state index < -0.39 is 17.7 Å². The molecular weight excluding hydrogens is 224 g/mol. The van der Waals surface area contributed by atoms with Crippen molar-refractivity contribution < 1.29 is 13.9 Å². The molecule has 5 heteroatoms. The molecule has 0 spiro atoms. The number of aliphatic hydroxyl groups is 1. The molecule has 0 bridgehead atoms. The number of rotatable bonds is 4. The highest BCUT2D eigenvalue weighted by Gasteiger charge is 2.11. The molecule has 86 valence electrons.